The molecule has 12 nitrogen and oxygen atoms in total. The van der Waals surface area contributed by atoms with Crippen LogP contribution in [0.5, 0.6) is 0 Å². The van der Waals surface area contributed by atoms with E-state index >= 15 is 0 Å². The summed E-state index contributed by atoms with van der Waals surface area (Å²) in [4.78, 5) is 28.7. The molecule has 1 fully saturated rings. The highest BCUT2D eigenvalue weighted by atomic mass is 32.2. The van der Waals surface area contributed by atoms with E-state index in [2.05, 4.69) is 25.4 Å². The van der Waals surface area contributed by atoms with Crippen LogP contribution in [0.25, 0.3) is 17.3 Å². The number of nitrogens with zero attached hydrogens (tertiary/aromatic N) is 8. The van der Waals surface area contributed by atoms with Crippen LogP contribution in [0.15, 0.2) is 58.2 Å². The first kappa shape index (κ1) is 21.7. The largest absolute Gasteiger partial charge is 0.420 e. The Hall–Kier alpha value is -4.13. The highest BCUT2D eigenvalue weighted by Crippen LogP contribution is 2.27. The third kappa shape index (κ3) is 4.50. The SMILES string of the molecule is O=C1CCCN1Cc1nnc(SCc2nnc(-c3ccc([N+](=O)[O-])cc3)o2)n1-c1ccccn1. The van der Waals surface area contributed by atoms with Crippen LogP contribution in [0.3, 0.4) is 0 Å². The Morgan fingerprint density at radius 3 is 2.65 bits per heavy atom. The van der Waals surface area contributed by atoms with Gasteiger partial charge in [-0.3, -0.25) is 19.5 Å². The number of carbonyl (C=O) groups excluding carboxylic acids is 1. The number of nitro benzene ring substituents is 1. The van der Waals surface area contributed by atoms with Gasteiger partial charge in [-0.15, -0.1) is 20.4 Å². The molecule has 1 saturated heterocycles. The molecule has 1 amide bonds. The predicted molar refractivity (Wildman–Crippen MR) is 120 cm³/mol. The van der Waals surface area contributed by atoms with Gasteiger partial charge < -0.3 is 9.32 Å². The van der Waals surface area contributed by atoms with Crippen LogP contribution >= 0.6 is 11.8 Å². The molecule has 0 saturated carbocycles. The first-order chi connectivity index (χ1) is 16.6. The number of benzene rings is 1. The molecule has 1 aliphatic heterocycles. The zero-order chi connectivity index (χ0) is 23.5. The van der Waals surface area contributed by atoms with Crippen LogP contribution in [-0.4, -0.2) is 52.2 Å². The van der Waals surface area contributed by atoms with Crippen molar-refractivity contribution in [1.29, 1.82) is 0 Å². The molecule has 1 aliphatic rings. The summed E-state index contributed by atoms with van der Waals surface area (Å²) < 4.78 is 7.55. The number of hydrogen-bond acceptors (Lipinski definition) is 10. The number of rotatable bonds is 8. The molecule has 34 heavy (non-hydrogen) atoms. The van der Waals surface area contributed by atoms with Gasteiger partial charge in [0.15, 0.2) is 11.0 Å². The minimum Gasteiger partial charge on any atom is -0.420 e. The number of likely N-dealkylation sites (tertiary alicyclic amines) is 1. The number of aromatic nitrogens is 6. The Balaban J connectivity index is 1.34. The quantitative estimate of drug-likeness (QED) is 0.210. The number of amides is 1. The normalized spacial score (nSPS) is 13.5. The molecule has 5 rings (SSSR count). The van der Waals surface area contributed by atoms with Crippen LogP contribution in [0.1, 0.15) is 24.6 Å². The van der Waals surface area contributed by atoms with Crippen molar-refractivity contribution in [2.45, 2.75) is 30.3 Å². The van der Waals surface area contributed by atoms with Gasteiger partial charge in [0.25, 0.3) is 5.69 Å². The highest BCUT2D eigenvalue weighted by molar-refractivity contribution is 7.98. The topological polar surface area (TPSA) is 146 Å². The highest BCUT2D eigenvalue weighted by Gasteiger charge is 2.24. The molecular formula is C21H18N8O4S. The second kappa shape index (κ2) is 9.39. The minimum atomic E-state index is -0.467. The van der Waals surface area contributed by atoms with E-state index in [1.54, 1.807) is 23.2 Å². The van der Waals surface area contributed by atoms with E-state index in [9.17, 15) is 14.9 Å². The van der Waals surface area contributed by atoms with E-state index < -0.39 is 4.92 Å². The molecular weight excluding hydrogens is 460 g/mol. The van der Waals surface area contributed by atoms with E-state index in [0.29, 0.717) is 53.5 Å². The average molecular weight is 478 g/mol. The Labute approximate surface area is 197 Å². The Kier molecular flexibility index (Phi) is 5.99. The summed E-state index contributed by atoms with van der Waals surface area (Å²) >= 11 is 1.35. The van der Waals surface area contributed by atoms with Gasteiger partial charge in [-0.2, -0.15) is 0 Å². The van der Waals surface area contributed by atoms with E-state index in [1.165, 1.54) is 23.9 Å². The third-order valence-corrected chi connectivity index (χ3v) is 6.11. The van der Waals surface area contributed by atoms with Gasteiger partial charge in [0.05, 0.1) is 17.2 Å². The molecule has 0 N–H and O–H groups in total. The average Bonchev–Trinajstić information content (AvgIpc) is 3.59. The van der Waals surface area contributed by atoms with Crippen molar-refractivity contribution in [3.8, 4) is 17.3 Å². The van der Waals surface area contributed by atoms with E-state index in [0.717, 1.165) is 6.42 Å². The van der Waals surface area contributed by atoms with Gasteiger partial charge >= 0.3 is 0 Å². The van der Waals surface area contributed by atoms with Crippen molar-refractivity contribution in [3.63, 3.8) is 0 Å². The Morgan fingerprint density at radius 2 is 1.94 bits per heavy atom. The van der Waals surface area contributed by atoms with Gasteiger partial charge in [0.2, 0.25) is 17.7 Å². The number of pyridine rings is 1. The van der Waals surface area contributed by atoms with Crippen molar-refractivity contribution in [2.24, 2.45) is 0 Å². The van der Waals surface area contributed by atoms with Crippen molar-refractivity contribution < 1.29 is 14.1 Å². The fourth-order valence-electron chi connectivity index (χ4n) is 3.53. The minimum absolute atomic E-state index is 0.0145. The van der Waals surface area contributed by atoms with Crippen LogP contribution in [0.2, 0.25) is 0 Å². The zero-order valence-corrected chi connectivity index (χ0v) is 18.6. The molecule has 0 spiro atoms. The molecule has 0 bridgehead atoms. The molecule has 3 aromatic heterocycles. The summed E-state index contributed by atoms with van der Waals surface area (Å²) in [7, 11) is 0. The maximum atomic E-state index is 12.1. The first-order valence-corrected chi connectivity index (χ1v) is 11.4. The molecule has 1 aromatic carbocycles. The second-order valence-corrected chi connectivity index (χ2v) is 8.38. The fourth-order valence-corrected chi connectivity index (χ4v) is 4.33. The number of nitro groups is 1. The summed E-state index contributed by atoms with van der Waals surface area (Å²) in [6, 6.07) is 11.4. The molecule has 4 heterocycles. The fraction of sp³-hybridized carbons (Fsp3) is 0.238. The van der Waals surface area contributed by atoms with Gasteiger partial charge in [0, 0.05) is 36.9 Å². The molecule has 0 unspecified atom stereocenters. The molecule has 13 heteroatoms. The summed E-state index contributed by atoms with van der Waals surface area (Å²) in [6.07, 6.45) is 3.07. The lowest BCUT2D eigenvalue weighted by atomic mass is 10.2. The first-order valence-electron chi connectivity index (χ1n) is 10.4. The molecule has 0 aliphatic carbocycles. The maximum Gasteiger partial charge on any atom is 0.269 e. The molecule has 0 radical (unpaired) electrons. The Morgan fingerprint density at radius 1 is 1.09 bits per heavy atom. The van der Waals surface area contributed by atoms with Crippen LogP contribution in [0.4, 0.5) is 5.69 Å². The number of carbonyl (C=O) groups is 1. The van der Waals surface area contributed by atoms with Crippen molar-refractivity contribution >= 4 is 23.4 Å². The van der Waals surface area contributed by atoms with Gasteiger partial charge in [-0.05, 0) is 30.7 Å². The molecule has 0 atom stereocenters. The van der Waals surface area contributed by atoms with E-state index in [4.69, 9.17) is 4.42 Å². The van der Waals surface area contributed by atoms with Gasteiger partial charge in [-0.25, -0.2) is 4.98 Å². The summed E-state index contributed by atoms with van der Waals surface area (Å²) in [5.41, 5.74) is 0.572. The van der Waals surface area contributed by atoms with E-state index in [1.807, 2.05) is 22.8 Å². The maximum absolute atomic E-state index is 12.1. The van der Waals surface area contributed by atoms with Crippen LogP contribution in [0, 0.1) is 10.1 Å². The lowest BCUT2D eigenvalue weighted by Crippen LogP contribution is -2.25. The molecule has 172 valence electrons. The van der Waals surface area contributed by atoms with Crippen LogP contribution in [-0.2, 0) is 17.1 Å². The van der Waals surface area contributed by atoms with Gasteiger partial charge in [-0.1, -0.05) is 17.8 Å². The number of non-ortho nitro benzene ring substituents is 1. The zero-order valence-electron chi connectivity index (χ0n) is 17.8. The third-order valence-electron chi connectivity index (χ3n) is 5.20. The predicted octanol–water partition coefficient (Wildman–Crippen LogP) is 3.04. The van der Waals surface area contributed by atoms with E-state index in [-0.39, 0.29) is 17.5 Å². The van der Waals surface area contributed by atoms with Crippen molar-refractivity contribution in [3.05, 3.63) is 70.5 Å². The monoisotopic (exact) mass is 478 g/mol. The Bertz CT molecular complexity index is 1320. The summed E-state index contributed by atoms with van der Waals surface area (Å²) in [6.45, 7) is 1.05. The number of thioether (sulfide) groups is 1. The smallest absolute Gasteiger partial charge is 0.269 e. The standard InChI is InChI=1S/C21H18N8O4S/c30-19-5-3-11-27(19)12-17-23-26-21(28(17)16-4-1-2-10-22-16)34-13-18-24-25-20(33-18)14-6-8-15(9-7-14)29(31)32/h1-2,4,6-10H,3,5,11-13H2. The summed E-state index contributed by atoms with van der Waals surface area (Å²) in [5, 5.41) is 28.1. The van der Waals surface area contributed by atoms with Crippen molar-refractivity contribution in [2.75, 3.05) is 6.54 Å². The number of hydrogen-bond donors (Lipinski definition) is 0. The summed E-state index contributed by atoms with van der Waals surface area (Å²) in [5.74, 6) is 2.33. The van der Waals surface area contributed by atoms with Crippen LogP contribution < -0.4 is 0 Å². The van der Waals surface area contributed by atoms with Gasteiger partial charge in [0.1, 0.15) is 5.82 Å². The lowest BCUT2D eigenvalue weighted by molar-refractivity contribution is -0.384. The lowest BCUT2D eigenvalue weighted by Gasteiger charge is -2.16. The second-order valence-electron chi connectivity index (χ2n) is 7.43. The van der Waals surface area contributed by atoms with Crippen molar-refractivity contribution in [1.82, 2.24) is 34.8 Å². The molecule has 4 aromatic rings.